The Morgan fingerprint density at radius 1 is 1.28 bits per heavy atom. The van der Waals surface area contributed by atoms with Crippen molar-refractivity contribution >= 4 is 16.6 Å². The van der Waals surface area contributed by atoms with E-state index in [0.29, 0.717) is 11.8 Å². The summed E-state index contributed by atoms with van der Waals surface area (Å²) >= 11 is 0. The van der Waals surface area contributed by atoms with Crippen LogP contribution in [0.5, 0.6) is 0 Å². The van der Waals surface area contributed by atoms with Gasteiger partial charge in [-0.1, -0.05) is 24.3 Å². The van der Waals surface area contributed by atoms with Crippen molar-refractivity contribution in [1.29, 1.82) is 0 Å². The number of hydrogen-bond donors (Lipinski definition) is 2. The Bertz CT molecular complexity index is 719. The lowest BCUT2D eigenvalue weighted by Gasteiger charge is -2.24. The van der Waals surface area contributed by atoms with Gasteiger partial charge in [-0.25, -0.2) is 4.79 Å². The normalized spacial score (nSPS) is 18.0. The van der Waals surface area contributed by atoms with E-state index in [2.05, 4.69) is 0 Å². The van der Waals surface area contributed by atoms with Crippen LogP contribution in [0.15, 0.2) is 51.8 Å². The Kier molecular flexibility index (Phi) is 2.26. The van der Waals surface area contributed by atoms with E-state index in [9.17, 15) is 4.79 Å². The van der Waals surface area contributed by atoms with Crippen LogP contribution < -0.4 is 17.1 Å². The highest BCUT2D eigenvalue weighted by molar-refractivity contribution is 5.81. The summed E-state index contributed by atoms with van der Waals surface area (Å²) in [5.74, 6) is 0. The van der Waals surface area contributed by atoms with Gasteiger partial charge in [0, 0.05) is 6.42 Å². The number of nitrogens with two attached hydrogens (primary N) is 2. The summed E-state index contributed by atoms with van der Waals surface area (Å²) in [6.07, 6.45) is 5.74. The standard InChI is InChI=1S/C13H13N3O2/c14-13(15)7-3-4-9(8-13)16-11-6-2-1-5-10(11)12(17)18-16/h1-7H,8,14-15H2. The average molecular weight is 243 g/mol. The predicted molar refractivity (Wildman–Crippen MR) is 69.6 cm³/mol. The molecule has 5 heteroatoms. The molecular weight excluding hydrogens is 230 g/mol. The van der Waals surface area contributed by atoms with Crippen LogP contribution in [-0.2, 0) is 0 Å². The summed E-state index contributed by atoms with van der Waals surface area (Å²) in [7, 11) is 0. The molecule has 4 N–H and O–H groups in total. The molecule has 0 spiro atoms. The number of aromatic nitrogens is 1. The van der Waals surface area contributed by atoms with Crippen molar-refractivity contribution in [3.63, 3.8) is 0 Å². The minimum absolute atomic E-state index is 0.360. The summed E-state index contributed by atoms with van der Waals surface area (Å²) in [6.45, 7) is 0. The minimum Gasteiger partial charge on any atom is -0.331 e. The van der Waals surface area contributed by atoms with Gasteiger partial charge < -0.3 is 16.0 Å². The van der Waals surface area contributed by atoms with Gasteiger partial charge in [-0.05, 0) is 18.2 Å². The highest BCUT2D eigenvalue weighted by Gasteiger charge is 2.23. The van der Waals surface area contributed by atoms with Gasteiger partial charge in [0.05, 0.1) is 22.3 Å². The lowest BCUT2D eigenvalue weighted by atomic mass is 10.0. The number of fused-ring (bicyclic) bond motifs is 1. The smallest absolute Gasteiger partial charge is 0.331 e. The maximum Gasteiger partial charge on any atom is 0.365 e. The van der Waals surface area contributed by atoms with E-state index in [1.807, 2.05) is 18.2 Å². The van der Waals surface area contributed by atoms with Crippen LogP contribution in [0.3, 0.4) is 0 Å². The molecular formula is C13H13N3O2. The second-order valence-corrected chi connectivity index (χ2v) is 4.50. The van der Waals surface area contributed by atoms with Crippen molar-refractivity contribution in [3.8, 4) is 0 Å². The van der Waals surface area contributed by atoms with Crippen molar-refractivity contribution in [2.75, 3.05) is 0 Å². The summed E-state index contributed by atoms with van der Waals surface area (Å²) in [5, 5.41) is 0.549. The zero-order valence-corrected chi connectivity index (χ0v) is 9.67. The van der Waals surface area contributed by atoms with E-state index >= 15 is 0 Å². The molecule has 1 aliphatic rings. The van der Waals surface area contributed by atoms with Crippen molar-refractivity contribution in [3.05, 3.63) is 52.9 Å². The van der Waals surface area contributed by atoms with Crippen molar-refractivity contribution < 1.29 is 4.52 Å². The molecule has 1 aromatic carbocycles. The second kappa shape index (κ2) is 3.69. The molecule has 0 saturated carbocycles. The third-order valence-corrected chi connectivity index (χ3v) is 2.96. The van der Waals surface area contributed by atoms with Crippen molar-refractivity contribution in [2.24, 2.45) is 11.5 Å². The lowest BCUT2D eigenvalue weighted by molar-refractivity contribution is 0.329. The van der Waals surface area contributed by atoms with E-state index < -0.39 is 5.66 Å². The molecule has 18 heavy (non-hydrogen) atoms. The molecule has 5 nitrogen and oxygen atoms in total. The molecule has 92 valence electrons. The monoisotopic (exact) mass is 243 g/mol. The Morgan fingerprint density at radius 3 is 2.83 bits per heavy atom. The molecule has 2 aromatic rings. The molecule has 1 aliphatic carbocycles. The fourth-order valence-electron chi connectivity index (χ4n) is 2.13. The van der Waals surface area contributed by atoms with Crippen LogP contribution in [-0.4, -0.2) is 10.4 Å². The van der Waals surface area contributed by atoms with Gasteiger partial charge in [0.15, 0.2) is 0 Å². The van der Waals surface area contributed by atoms with Crippen molar-refractivity contribution in [2.45, 2.75) is 12.1 Å². The minimum atomic E-state index is -0.909. The van der Waals surface area contributed by atoms with E-state index in [1.54, 1.807) is 24.3 Å². The topological polar surface area (TPSA) is 87.2 Å². The van der Waals surface area contributed by atoms with Gasteiger partial charge in [-0.15, -0.1) is 0 Å². The molecule has 0 aliphatic heterocycles. The quantitative estimate of drug-likeness (QED) is 0.732. The number of para-hydroxylation sites is 1. The number of benzene rings is 1. The molecule has 0 atom stereocenters. The fourth-order valence-corrected chi connectivity index (χ4v) is 2.13. The first-order valence-corrected chi connectivity index (χ1v) is 5.64. The SMILES string of the molecule is NC1(N)C=CC=C(n2oc(=O)c3ccccc32)C1. The summed E-state index contributed by atoms with van der Waals surface area (Å²) in [6, 6.07) is 7.21. The van der Waals surface area contributed by atoms with E-state index in [1.165, 1.54) is 4.74 Å². The largest absolute Gasteiger partial charge is 0.365 e. The molecule has 0 radical (unpaired) electrons. The van der Waals surface area contributed by atoms with Gasteiger partial charge in [-0.2, -0.15) is 4.74 Å². The van der Waals surface area contributed by atoms with E-state index in [0.717, 1.165) is 11.2 Å². The molecule has 0 unspecified atom stereocenters. The number of hydrogen-bond acceptors (Lipinski definition) is 4. The molecule has 0 fully saturated rings. The van der Waals surface area contributed by atoms with Gasteiger partial charge in [0.25, 0.3) is 0 Å². The van der Waals surface area contributed by atoms with Gasteiger partial charge >= 0.3 is 5.63 Å². The second-order valence-electron chi connectivity index (χ2n) is 4.50. The highest BCUT2D eigenvalue weighted by Crippen LogP contribution is 2.24. The number of nitrogens with zero attached hydrogens (tertiary/aromatic N) is 1. The lowest BCUT2D eigenvalue weighted by Crippen LogP contribution is -2.48. The van der Waals surface area contributed by atoms with Gasteiger partial charge in [-0.3, -0.25) is 0 Å². The Labute approximate surface area is 103 Å². The van der Waals surface area contributed by atoms with Crippen molar-refractivity contribution in [1.82, 2.24) is 4.74 Å². The molecule has 1 heterocycles. The van der Waals surface area contributed by atoms with Crippen LogP contribution in [0.2, 0.25) is 0 Å². The molecule has 3 rings (SSSR count). The number of rotatable bonds is 1. The summed E-state index contributed by atoms with van der Waals surface area (Å²) in [4.78, 5) is 11.7. The van der Waals surface area contributed by atoms with Crippen LogP contribution in [0.4, 0.5) is 0 Å². The third-order valence-electron chi connectivity index (χ3n) is 2.96. The highest BCUT2D eigenvalue weighted by atomic mass is 16.5. The average Bonchev–Trinajstić information content (AvgIpc) is 2.66. The zero-order valence-electron chi connectivity index (χ0n) is 9.67. The first-order chi connectivity index (χ1) is 8.57. The van der Waals surface area contributed by atoms with Crippen LogP contribution in [0.1, 0.15) is 6.42 Å². The first kappa shape index (κ1) is 11.0. The number of allylic oxidation sites excluding steroid dienone is 2. The Hall–Kier alpha value is -2.11. The third kappa shape index (κ3) is 1.70. The van der Waals surface area contributed by atoms with Crippen LogP contribution >= 0.6 is 0 Å². The molecule has 0 saturated heterocycles. The maximum atomic E-state index is 11.7. The molecule has 1 aromatic heterocycles. The molecule has 0 bridgehead atoms. The van der Waals surface area contributed by atoms with Gasteiger partial charge in [0.2, 0.25) is 0 Å². The van der Waals surface area contributed by atoms with E-state index in [4.69, 9.17) is 16.0 Å². The summed E-state index contributed by atoms with van der Waals surface area (Å²) in [5.41, 5.74) is 12.0. The van der Waals surface area contributed by atoms with Crippen LogP contribution in [0, 0.1) is 0 Å². The van der Waals surface area contributed by atoms with Gasteiger partial charge in [0.1, 0.15) is 0 Å². The van der Waals surface area contributed by atoms with E-state index in [-0.39, 0.29) is 5.63 Å². The Morgan fingerprint density at radius 2 is 2.06 bits per heavy atom. The predicted octanol–water partition coefficient (Wildman–Crippen LogP) is 1.01. The maximum absolute atomic E-state index is 11.7. The zero-order chi connectivity index (χ0) is 12.8. The van der Waals surface area contributed by atoms with Crippen LogP contribution in [0.25, 0.3) is 16.6 Å². The Balaban J connectivity index is 2.19. The summed E-state index contributed by atoms with van der Waals surface area (Å²) < 4.78 is 6.74. The molecule has 0 amide bonds. The fraction of sp³-hybridized carbons (Fsp3) is 0.154. The first-order valence-electron chi connectivity index (χ1n) is 5.64.